The number of rotatable bonds is 3. The molecular formula is C19H23N3O3. The molecule has 1 aromatic heterocycles. The summed E-state index contributed by atoms with van der Waals surface area (Å²) in [5.41, 5.74) is 1.81. The van der Waals surface area contributed by atoms with Gasteiger partial charge in [-0.15, -0.1) is 0 Å². The van der Waals surface area contributed by atoms with E-state index in [9.17, 15) is 9.90 Å². The maximum Gasteiger partial charge on any atom is 0.253 e. The van der Waals surface area contributed by atoms with Crippen LogP contribution in [0.15, 0.2) is 30.6 Å². The molecule has 2 aliphatic heterocycles. The number of ether oxygens (including phenoxy) is 1. The number of carbonyl (C=O) groups is 1. The largest absolute Gasteiger partial charge is 0.493 e. The Morgan fingerprint density at radius 1 is 1.44 bits per heavy atom. The van der Waals surface area contributed by atoms with E-state index >= 15 is 0 Å². The summed E-state index contributed by atoms with van der Waals surface area (Å²) in [5.74, 6) is 1.59. The first-order valence-electron chi connectivity index (χ1n) is 8.84. The van der Waals surface area contributed by atoms with Crippen molar-refractivity contribution in [2.24, 2.45) is 13.0 Å². The molecule has 0 spiro atoms. The summed E-state index contributed by atoms with van der Waals surface area (Å²) in [6, 6.07) is 5.68. The zero-order chi connectivity index (χ0) is 17.4. The lowest BCUT2D eigenvalue weighted by molar-refractivity contribution is 0.0358. The molecule has 25 heavy (non-hydrogen) atoms. The van der Waals surface area contributed by atoms with E-state index in [0.29, 0.717) is 24.5 Å². The normalized spacial score (nSPS) is 20.9. The number of amides is 1. The maximum atomic E-state index is 12.9. The fraction of sp³-hybridized carbons (Fsp3) is 0.474. The van der Waals surface area contributed by atoms with E-state index in [1.54, 1.807) is 6.20 Å². The maximum absolute atomic E-state index is 12.9. The van der Waals surface area contributed by atoms with E-state index in [-0.39, 0.29) is 11.8 Å². The van der Waals surface area contributed by atoms with Crippen LogP contribution in [0.25, 0.3) is 0 Å². The molecule has 2 aromatic rings. The molecule has 6 heteroatoms. The van der Waals surface area contributed by atoms with Crippen LogP contribution in [0.4, 0.5) is 0 Å². The summed E-state index contributed by atoms with van der Waals surface area (Å²) in [4.78, 5) is 19.0. The van der Waals surface area contributed by atoms with Crippen molar-refractivity contribution in [3.8, 4) is 5.75 Å². The van der Waals surface area contributed by atoms with Crippen molar-refractivity contribution in [2.45, 2.75) is 25.4 Å². The molecule has 0 saturated carbocycles. The van der Waals surface area contributed by atoms with E-state index in [2.05, 4.69) is 4.98 Å². The molecule has 132 valence electrons. The zero-order valence-electron chi connectivity index (χ0n) is 14.4. The van der Waals surface area contributed by atoms with E-state index < -0.39 is 6.10 Å². The number of carbonyl (C=O) groups excluding carboxylic acids is 1. The van der Waals surface area contributed by atoms with Crippen molar-refractivity contribution in [3.05, 3.63) is 47.5 Å². The van der Waals surface area contributed by atoms with E-state index in [0.717, 1.165) is 37.1 Å². The highest BCUT2D eigenvalue weighted by molar-refractivity contribution is 5.94. The van der Waals surface area contributed by atoms with Gasteiger partial charge in [0, 0.05) is 50.4 Å². The zero-order valence-corrected chi connectivity index (χ0v) is 14.4. The Morgan fingerprint density at radius 2 is 2.32 bits per heavy atom. The average molecular weight is 341 g/mol. The number of aliphatic hydroxyl groups excluding tert-OH is 1. The first-order valence-corrected chi connectivity index (χ1v) is 8.84. The van der Waals surface area contributed by atoms with Gasteiger partial charge >= 0.3 is 0 Å². The second kappa shape index (κ2) is 6.52. The molecular weight excluding hydrogens is 318 g/mol. The van der Waals surface area contributed by atoms with Gasteiger partial charge in [0.05, 0.1) is 6.61 Å². The van der Waals surface area contributed by atoms with Crippen LogP contribution in [0.1, 0.15) is 40.7 Å². The molecule has 0 radical (unpaired) electrons. The highest BCUT2D eigenvalue weighted by atomic mass is 16.5. The van der Waals surface area contributed by atoms with Crippen molar-refractivity contribution in [1.82, 2.24) is 14.5 Å². The van der Waals surface area contributed by atoms with Gasteiger partial charge in [0.1, 0.15) is 17.7 Å². The second-order valence-electron chi connectivity index (χ2n) is 6.92. The number of hydrogen-bond donors (Lipinski definition) is 1. The van der Waals surface area contributed by atoms with E-state index in [4.69, 9.17) is 4.74 Å². The highest BCUT2D eigenvalue weighted by Crippen LogP contribution is 2.31. The number of imidazole rings is 1. The molecule has 0 aliphatic carbocycles. The summed E-state index contributed by atoms with van der Waals surface area (Å²) < 4.78 is 7.35. The molecule has 1 amide bonds. The van der Waals surface area contributed by atoms with Crippen LogP contribution < -0.4 is 4.74 Å². The average Bonchev–Trinajstić information content (AvgIpc) is 3.28. The topological polar surface area (TPSA) is 67.6 Å². The monoisotopic (exact) mass is 341 g/mol. The summed E-state index contributed by atoms with van der Waals surface area (Å²) in [6.45, 7) is 1.98. The Hall–Kier alpha value is -2.34. The number of aliphatic hydroxyl groups is 1. The minimum atomic E-state index is -0.649. The Bertz CT molecular complexity index is 786. The number of hydrogen-bond acceptors (Lipinski definition) is 4. The van der Waals surface area contributed by atoms with Crippen molar-refractivity contribution in [2.75, 3.05) is 19.7 Å². The minimum absolute atomic E-state index is 0.0107. The van der Waals surface area contributed by atoms with Crippen molar-refractivity contribution >= 4 is 5.91 Å². The van der Waals surface area contributed by atoms with Gasteiger partial charge in [-0.25, -0.2) is 4.98 Å². The first-order chi connectivity index (χ1) is 12.1. The van der Waals surface area contributed by atoms with Gasteiger partial charge in [0.15, 0.2) is 0 Å². The molecule has 1 saturated heterocycles. The van der Waals surface area contributed by atoms with Crippen LogP contribution in [-0.4, -0.2) is 45.2 Å². The summed E-state index contributed by atoms with van der Waals surface area (Å²) >= 11 is 0. The van der Waals surface area contributed by atoms with E-state index in [1.165, 1.54) is 0 Å². The Balaban J connectivity index is 1.49. The summed E-state index contributed by atoms with van der Waals surface area (Å²) in [7, 11) is 1.88. The van der Waals surface area contributed by atoms with Crippen LogP contribution in [-0.2, 0) is 13.5 Å². The molecule has 4 rings (SSSR count). The third-order valence-electron chi connectivity index (χ3n) is 5.25. The molecule has 6 nitrogen and oxygen atoms in total. The lowest BCUT2D eigenvalue weighted by atomic mass is 9.91. The highest BCUT2D eigenvalue weighted by Gasteiger charge is 2.31. The lowest BCUT2D eigenvalue weighted by Crippen LogP contribution is -2.42. The Kier molecular flexibility index (Phi) is 4.21. The molecule has 1 fully saturated rings. The number of piperidine rings is 1. The number of fused-ring (bicyclic) bond motifs is 1. The fourth-order valence-electron chi connectivity index (χ4n) is 3.83. The van der Waals surface area contributed by atoms with Gasteiger partial charge in [-0.1, -0.05) is 0 Å². The van der Waals surface area contributed by atoms with Crippen LogP contribution in [0, 0.1) is 5.92 Å². The first kappa shape index (κ1) is 16.1. The number of nitrogens with zero attached hydrogens (tertiary/aromatic N) is 3. The smallest absolute Gasteiger partial charge is 0.253 e. The number of benzene rings is 1. The third kappa shape index (κ3) is 3.02. The standard InChI is InChI=1S/C19H23N3O3/c1-21-9-7-20-18(21)17(23)15-3-2-8-22(12-15)19(24)14-4-5-16-13(11-14)6-10-25-16/h4-5,7,9,11,15,17,23H,2-3,6,8,10,12H2,1H3. The van der Waals surface area contributed by atoms with Crippen LogP contribution in [0.2, 0.25) is 0 Å². The van der Waals surface area contributed by atoms with Gasteiger partial charge in [-0.2, -0.15) is 0 Å². The van der Waals surface area contributed by atoms with Gasteiger partial charge in [-0.05, 0) is 36.6 Å². The molecule has 3 heterocycles. The van der Waals surface area contributed by atoms with Gasteiger partial charge in [-0.3, -0.25) is 4.79 Å². The molecule has 0 bridgehead atoms. The Morgan fingerprint density at radius 3 is 3.12 bits per heavy atom. The third-order valence-corrected chi connectivity index (χ3v) is 5.25. The summed E-state index contributed by atoms with van der Waals surface area (Å²) in [5, 5.41) is 10.7. The molecule has 1 aromatic carbocycles. The molecule has 1 N–H and O–H groups in total. The number of likely N-dealkylation sites (tertiary alicyclic amines) is 1. The predicted molar refractivity (Wildman–Crippen MR) is 92.4 cm³/mol. The van der Waals surface area contributed by atoms with Crippen molar-refractivity contribution in [3.63, 3.8) is 0 Å². The van der Waals surface area contributed by atoms with E-state index in [1.807, 2.05) is 40.9 Å². The van der Waals surface area contributed by atoms with Crippen molar-refractivity contribution < 1.29 is 14.6 Å². The number of aryl methyl sites for hydroxylation is 1. The predicted octanol–water partition coefficient (Wildman–Crippen LogP) is 1.94. The van der Waals surface area contributed by atoms with Crippen LogP contribution in [0.3, 0.4) is 0 Å². The lowest BCUT2D eigenvalue weighted by Gasteiger charge is -2.35. The number of aromatic nitrogens is 2. The fourth-order valence-corrected chi connectivity index (χ4v) is 3.83. The quantitative estimate of drug-likeness (QED) is 0.926. The summed E-state index contributed by atoms with van der Waals surface area (Å²) in [6.07, 6.45) is 5.52. The SMILES string of the molecule is Cn1ccnc1C(O)C1CCCN(C(=O)c2ccc3c(c2)CCO3)C1. The van der Waals surface area contributed by atoms with Gasteiger partial charge < -0.3 is 19.3 Å². The molecule has 2 unspecified atom stereocenters. The molecule has 2 aliphatic rings. The minimum Gasteiger partial charge on any atom is -0.493 e. The van der Waals surface area contributed by atoms with Gasteiger partial charge in [0.2, 0.25) is 0 Å². The second-order valence-corrected chi connectivity index (χ2v) is 6.92. The Labute approximate surface area is 147 Å². The van der Waals surface area contributed by atoms with Gasteiger partial charge in [0.25, 0.3) is 5.91 Å². The van der Waals surface area contributed by atoms with Crippen LogP contribution in [0.5, 0.6) is 5.75 Å². The van der Waals surface area contributed by atoms with Crippen LogP contribution >= 0.6 is 0 Å². The van der Waals surface area contributed by atoms with Crippen molar-refractivity contribution in [1.29, 1.82) is 0 Å². The molecule has 2 atom stereocenters.